The molecule has 0 fully saturated rings. The Kier molecular flexibility index (Phi) is 5.89. The Morgan fingerprint density at radius 2 is 1.56 bits per heavy atom. The molecule has 1 atom stereocenters. The van der Waals surface area contributed by atoms with Gasteiger partial charge in [0, 0.05) is 5.69 Å². The lowest BCUT2D eigenvalue weighted by Gasteiger charge is -2.24. The van der Waals surface area contributed by atoms with Crippen LogP contribution in [0.3, 0.4) is 0 Å². The van der Waals surface area contributed by atoms with Crippen LogP contribution in [0.2, 0.25) is 0 Å². The first-order chi connectivity index (χ1) is 11.7. The molecule has 0 radical (unpaired) electrons. The summed E-state index contributed by atoms with van der Waals surface area (Å²) in [5, 5.41) is 3.01. The van der Waals surface area contributed by atoms with Crippen LogP contribution in [0.5, 0.6) is 5.75 Å². The number of benzene rings is 2. The molecule has 2 aromatic carbocycles. The fraction of sp³-hybridized carbons (Fsp3) is 0.409. The smallest absolute Gasteiger partial charge is 0.265 e. The highest BCUT2D eigenvalue weighted by Gasteiger charge is 2.22. The second-order valence-corrected chi connectivity index (χ2v) is 7.74. The van der Waals surface area contributed by atoms with Crippen molar-refractivity contribution in [2.75, 3.05) is 5.32 Å². The minimum Gasteiger partial charge on any atom is -0.481 e. The van der Waals surface area contributed by atoms with Crippen molar-refractivity contribution in [3.05, 3.63) is 59.7 Å². The molecule has 1 N–H and O–H groups in total. The molecule has 0 aromatic heterocycles. The normalized spacial score (nSPS) is 12.8. The van der Waals surface area contributed by atoms with E-state index >= 15 is 0 Å². The van der Waals surface area contributed by atoms with Gasteiger partial charge in [0.25, 0.3) is 5.91 Å². The zero-order chi connectivity index (χ0) is 18.6. The average Bonchev–Trinajstić information content (AvgIpc) is 2.54. The molecule has 0 saturated carbocycles. The largest absolute Gasteiger partial charge is 0.481 e. The number of para-hydroxylation sites is 2. The fourth-order valence-corrected chi connectivity index (χ4v) is 2.78. The zero-order valence-corrected chi connectivity index (χ0v) is 16.1. The van der Waals surface area contributed by atoms with E-state index < -0.39 is 6.10 Å². The quantitative estimate of drug-likeness (QED) is 0.779. The second kappa shape index (κ2) is 7.73. The highest BCUT2D eigenvalue weighted by atomic mass is 16.5. The predicted octanol–water partition coefficient (Wildman–Crippen LogP) is 5.51. The third-order valence-corrected chi connectivity index (χ3v) is 4.21. The van der Waals surface area contributed by atoms with Crippen LogP contribution in [0.1, 0.15) is 58.6 Å². The van der Waals surface area contributed by atoms with Gasteiger partial charge in [0.2, 0.25) is 0 Å². The van der Waals surface area contributed by atoms with Crippen molar-refractivity contribution in [1.29, 1.82) is 0 Å². The second-order valence-electron chi connectivity index (χ2n) is 7.74. The van der Waals surface area contributed by atoms with Gasteiger partial charge in [0.1, 0.15) is 5.75 Å². The van der Waals surface area contributed by atoms with E-state index in [1.807, 2.05) is 48.5 Å². The van der Waals surface area contributed by atoms with Crippen LogP contribution < -0.4 is 10.1 Å². The maximum Gasteiger partial charge on any atom is 0.265 e. The minimum atomic E-state index is -0.580. The number of carbonyl (C=O) groups is 1. The molecule has 1 unspecified atom stereocenters. The van der Waals surface area contributed by atoms with Crippen molar-refractivity contribution < 1.29 is 9.53 Å². The number of hydrogen-bond acceptors (Lipinski definition) is 2. The maximum absolute atomic E-state index is 12.6. The first-order valence-corrected chi connectivity index (χ1v) is 8.86. The first-order valence-electron chi connectivity index (χ1n) is 8.86. The molecule has 3 heteroatoms. The van der Waals surface area contributed by atoms with Gasteiger partial charge in [-0.05, 0) is 41.5 Å². The van der Waals surface area contributed by atoms with Crippen LogP contribution >= 0.6 is 0 Å². The minimum absolute atomic E-state index is 0.0446. The van der Waals surface area contributed by atoms with Crippen molar-refractivity contribution in [1.82, 2.24) is 0 Å². The lowest BCUT2D eigenvalue weighted by Crippen LogP contribution is -2.31. The van der Waals surface area contributed by atoms with Gasteiger partial charge in [-0.3, -0.25) is 4.79 Å². The average molecular weight is 339 g/mol. The Bertz CT molecular complexity index is 729. The fourth-order valence-electron chi connectivity index (χ4n) is 2.78. The molecule has 0 heterocycles. The van der Waals surface area contributed by atoms with Crippen molar-refractivity contribution in [2.24, 2.45) is 0 Å². The molecule has 0 aliphatic carbocycles. The van der Waals surface area contributed by atoms with Gasteiger partial charge in [0.05, 0.1) is 0 Å². The number of nitrogens with one attached hydrogen (secondary N) is 1. The SMILES string of the molecule is CC(Oc1ccccc1C(C)(C)C)C(=O)Nc1ccccc1C(C)C. The summed E-state index contributed by atoms with van der Waals surface area (Å²) in [5.74, 6) is 0.959. The van der Waals surface area contributed by atoms with Crippen LogP contribution in [0.15, 0.2) is 48.5 Å². The lowest BCUT2D eigenvalue weighted by atomic mass is 9.86. The molecule has 0 spiro atoms. The van der Waals surface area contributed by atoms with Crippen LogP contribution in [0.25, 0.3) is 0 Å². The molecule has 3 nitrogen and oxygen atoms in total. The summed E-state index contributed by atoms with van der Waals surface area (Å²) in [4.78, 5) is 12.6. The van der Waals surface area contributed by atoms with E-state index in [-0.39, 0.29) is 11.3 Å². The summed E-state index contributed by atoms with van der Waals surface area (Å²) < 4.78 is 5.99. The van der Waals surface area contributed by atoms with Gasteiger partial charge >= 0.3 is 0 Å². The van der Waals surface area contributed by atoms with Crippen molar-refractivity contribution in [3.8, 4) is 5.75 Å². The summed E-state index contributed by atoms with van der Waals surface area (Å²) in [6.07, 6.45) is -0.580. The van der Waals surface area contributed by atoms with Crippen LogP contribution in [-0.2, 0) is 10.2 Å². The summed E-state index contributed by atoms with van der Waals surface area (Å²) in [7, 11) is 0. The third kappa shape index (κ3) is 4.85. The van der Waals surface area contributed by atoms with E-state index in [0.717, 1.165) is 22.6 Å². The van der Waals surface area contributed by atoms with Gasteiger partial charge in [-0.15, -0.1) is 0 Å². The molecule has 25 heavy (non-hydrogen) atoms. The van der Waals surface area contributed by atoms with Gasteiger partial charge in [-0.25, -0.2) is 0 Å². The van der Waals surface area contributed by atoms with Gasteiger partial charge in [0.15, 0.2) is 6.10 Å². The first kappa shape index (κ1) is 19.0. The van der Waals surface area contributed by atoms with E-state index in [2.05, 4.69) is 39.9 Å². The maximum atomic E-state index is 12.6. The van der Waals surface area contributed by atoms with E-state index in [0.29, 0.717) is 5.92 Å². The molecular weight excluding hydrogens is 310 g/mol. The van der Waals surface area contributed by atoms with Crippen LogP contribution in [-0.4, -0.2) is 12.0 Å². The summed E-state index contributed by atoms with van der Waals surface area (Å²) in [5.41, 5.74) is 3.02. The molecule has 2 aromatic rings. The Hall–Kier alpha value is -2.29. The standard InChI is InChI=1S/C22H29NO2/c1-15(2)17-11-7-9-13-19(17)23-21(24)16(3)25-20-14-10-8-12-18(20)22(4,5)6/h7-16H,1-6H3,(H,23,24). The number of carbonyl (C=O) groups excluding carboxylic acids is 1. The Labute approximate surface area is 151 Å². The molecule has 1 amide bonds. The summed E-state index contributed by atoms with van der Waals surface area (Å²) in [6, 6.07) is 15.8. The Morgan fingerprint density at radius 1 is 0.960 bits per heavy atom. The van der Waals surface area contributed by atoms with Gasteiger partial charge in [-0.2, -0.15) is 0 Å². The van der Waals surface area contributed by atoms with Gasteiger partial charge < -0.3 is 10.1 Å². The number of ether oxygens (including phenoxy) is 1. The highest BCUT2D eigenvalue weighted by molar-refractivity contribution is 5.94. The number of rotatable bonds is 5. The molecule has 0 bridgehead atoms. The highest BCUT2D eigenvalue weighted by Crippen LogP contribution is 2.31. The molecule has 0 saturated heterocycles. The number of amides is 1. The van der Waals surface area contributed by atoms with E-state index in [9.17, 15) is 4.79 Å². The predicted molar refractivity (Wildman–Crippen MR) is 104 cm³/mol. The summed E-state index contributed by atoms with van der Waals surface area (Å²) in [6.45, 7) is 12.4. The van der Waals surface area contributed by atoms with Crippen molar-refractivity contribution in [2.45, 2.75) is 59.0 Å². The number of anilines is 1. The monoisotopic (exact) mass is 339 g/mol. The Balaban J connectivity index is 2.15. The Morgan fingerprint density at radius 3 is 2.20 bits per heavy atom. The lowest BCUT2D eigenvalue weighted by molar-refractivity contribution is -0.122. The van der Waals surface area contributed by atoms with Crippen LogP contribution in [0.4, 0.5) is 5.69 Å². The summed E-state index contributed by atoms with van der Waals surface area (Å²) >= 11 is 0. The van der Waals surface area contributed by atoms with E-state index in [1.165, 1.54) is 0 Å². The van der Waals surface area contributed by atoms with Crippen molar-refractivity contribution in [3.63, 3.8) is 0 Å². The molecule has 0 aliphatic rings. The molecular formula is C22H29NO2. The number of hydrogen-bond donors (Lipinski definition) is 1. The molecule has 0 aliphatic heterocycles. The molecule has 2 rings (SSSR count). The van der Waals surface area contributed by atoms with Gasteiger partial charge in [-0.1, -0.05) is 71.0 Å². The zero-order valence-electron chi connectivity index (χ0n) is 16.1. The van der Waals surface area contributed by atoms with E-state index in [4.69, 9.17) is 4.74 Å². The molecule has 134 valence electrons. The topological polar surface area (TPSA) is 38.3 Å². The van der Waals surface area contributed by atoms with Crippen LogP contribution in [0, 0.1) is 0 Å². The third-order valence-electron chi connectivity index (χ3n) is 4.21. The van der Waals surface area contributed by atoms with Crippen molar-refractivity contribution >= 4 is 11.6 Å². The van der Waals surface area contributed by atoms with E-state index in [1.54, 1.807) is 6.92 Å².